The molecule has 1 aromatic carbocycles. The van der Waals surface area contributed by atoms with Crippen molar-refractivity contribution in [1.82, 2.24) is 15.5 Å². The Bertz CT molecular complexity index is 595. The zero-order valence-electron chi connectivity index (χ0n) is 15.9. The lowest BCUT2D eigenvalue weighted by Crippen LogP contribution is -2.44. The summed E-state index contributed by atoms with van der Waals surface area (Å²) in [6.07, 6.45) is 6.93. The fourth-order valence-electron chi connectivity index (χ4n) is 4.15. The van der Waals surface area contributed by atoms with Crippen LogP contribution in [0.15, 0.2) is 35.3 Å². The third kappa shape index (κ3) is 4.99. The van der Waals surface area contributed by atoms with Crippen LogP contribution in [-0.4, -0.2) is 50.0 Å². The first kappa shape index (κ1) is 18.7. The normalized spacial score (nSPS) is 21.7. The van der Waals surface area contributed by atoms with Crippen molar-refractivity contribution >= 4 is 11.9 Å². The quantitative estimate of drug-likeness (QED) is 0.485. The summed E-state index contributed by atoms with van der Waals surface area (Å²) < 4.78 is 0. The molecule has 1 aliphatic carbocycles. The number of carbonyl (C=O) groups is 1. The summed E-state index contributed by atoms with van der Waals surface area (Å²) in [6.45, 7) is 3.40. The number of rotatable bonds is 5. The second-order valence-corrected chi connectivity index (χ2v) is 7.44. The van der Waals surface area contributed by atoms with E-state index in [9.17, 15) is 4.79 Å². The summed E-state index contributed by atoms with van der Waals surface area (Å²) in [4.78, 5) is 18.9. The predicted octanol–water partition coefficient (Wildman–Crippen LogP) is 2.75. The maximum Gasteiger partial charge on any atom is 0.223 e. The second kappa shape index (κ2) is 9.60. The minimum absolute atomic E-state index is 0.229. The molecule has 2 fully saturated rings. The smallest absolute Gasteiger partial charge is 0.223 e. The van der Waals surface area contributed by atoms with Gasteiger partial charge in [0, 0.05) is 45.1 Å². The van der Waals surface area contributed by atoms with Crippen LogP contribution in [0.5, 0.6) is 0 Å². The Balaban J connectivity index is 1.39. The lowest BCUT2D eigenvalue weighted by Gasteiger charge is -2.23. The van der Waals surface area contributed by atoms with Gasteiger partial charge in [-0.2, -0.15) is 0 Å². The van der Waals surface area contributed by atoms with Crippen molar-refractivity contribution in [3.05, 3.63) is 35.9 Å². The highest BCUT2D eigenvalue weighted by Crippen LogP contribution is 2.26. The molecule has 1 atom stereocenters. The fourth-order valence-corrected chi connectivity index (χ4v) is 4.15. The lowest BCUT2D eigenvalue weighted by molar-refractivity contribution is -0.125. The maximum atomic E-state index is 12.2. The van der Waals surface area contributed by atoms with Crippen LogP contribution in [0.2, 0.25) is 0 Å². The molecule has 1 unspecified atom stereocenters. The first-order valence-corrected chi connectivity index (χ1v) is 10.1. The molecule has 3 rings (SSSR count). The number of benzene rings is 1. The van der Waals surface area contributed by atoms with Crippen LogP contribution in [0.3, 0.4) is 0 Å². The summed E-state index contributed by atoms with van der Waals surface area (Å²) in [5, 5.41) is 6.48. The molecule has 1 heterocycles. The van der Waals surface area contributed by atoms with E-state index in [2.05, 4.69) is 50.9 Å². The van der Waals surface area contributed by atoms with E-state index in [0.717, 1.165) is 44.9 Å². The van der Waals surface area contributed by atoms with Crippen LogP contribution in [0.1, 0.15) is 50.0 Å². The average molecular weight is 357 g/mol. The van der Waals surface area contributed by atoms with Crippen molar-refractivity contribution in [1.29, 1.82) is 0 Å². The Morgan fingerprint density at radius 1 is 1.08 bits per heavy atom. The van der Waals surface area contributed by atoms with Crippen LogP contribution in [0.4, 0.5) is 0 Å². The van der Waals surface area contributed by atoms with Crippen molar-refractivity contribution in [3.63, 3.8) is 0 Å². The average Bonchev–Trinajstić information content (AvgIpc) is 3.19. The molecule has 1 saturated carbocycles. The third-order valence-corrected chi connectivity index (χ3v) is 5.65. The van der Waals surface area contributed by atoms with E-state index in [4.69, 9.17) is 0 Å². The number of nitrogens with zero attached hydrogens (tertiary/aromatic N) is 2. The number of nitrogens with one attached hydrogen (secondary N) is 2. The molecule has 1 aromatic rings. The van der Waals surface area contributed by atoms with E-state index >= 15 is 0 Å². The first-order valence-electron chi connectivity index (χ1n) is 10.1. The van der Waals surface area contributed by atoms with Crippen LogP contribution < -0.4 is 10.6 Å². The van der Waals surface area contributed by atoms with E-state index in [1.165, 1.54) is 24.8 Å². The number of guanidine groups is 1. The Kier molecular flexibility index (Phi) is 6.92. The van der Waals surface area contributed by atoms with Crippen LogP contribution in [0, 0.1) is 5.92 Å². The summed E-state index contributed by atoms with van der Waals surface area (Å²) >= 11 is 0. The number of amides is 1. The monoisotopic (exact) mass is 356 g/mol. The van der Waals surface area contributed by atoms with Gasteiger partial charge in [0.1, 0.15) is 0 Å². The molecule has 0 radical (unpaired) electrons. The fraction of sp³-hybridized carbons (Fsp3) is 0.619. The second-order valence-electron chi connectivity index (χ2n) is 7.44. The standard InChI is InChI=1S/C21H32N4O/c1-22-21(24-14-13-23-20(26)18-10-6-3-7-11-18)25-15-12-19(16-25)17-8-4-2-5-9-17/h2,4-5,8-9,18-19H,3,6-7,10-16H2,1H3,(H,22,24)(H,23,26). The van der Waals surface area contributed by atoms with Gasteiger partial charge in [0.05, 0.1) is 0 Å². The predicted molar refractivity (Wildman–Crippen MR) is 106 cm³/mol. The van der Waals surface area contributed by atoms with Gasteiger partial charge in [0.25, 0.3) is 0 Å². The van der Waals surface area contributed by atoms with Crippen LogP contribution in [0.25, 0.3) is 0 Å². The Morgan fingerprint density at radius 3 is 2.54 bits per heavy atom. The molecule has 1 amide bonds. The zero-order chi connectivity index (χ0) is 18.2. The van der Waals surface area contributed by atoms with Crippen LogP contribution in [-0.2, 0) is 4.79 Å². The van der Waals surface area contributed by atoms with E-state index in [1.807, 2.05) is 7.05 Å². The van der Waals surface area contributed by atoms with Gasteiger partial charge in [-0.05, 0) is 24.8 Å². The highest BCUT2D eigenvalue weighted by atomic mass is 16.1. The minimum atomic E-state index is 0.229. The summed E-state index contributed by atoms with van der Waals surface area (Å²) in [5.41, 5.74) is 1.41. The summed E-state index contributed by atoms with van der Waals surface area (Å²) in [5.74, 6) is 1.97. The molecule has 0 spiro atoms. The van der Waals surface area contributed by atoms with Crippen LogP contribution >= 0.6 is 0 Å². The van der Waals surface area contributed by atoms with Crippen molar-refractivity contribution < 1.29 is 4.79 Å². The van der Waals surface area contributed by atoms with E-state index in [0.29, 0.717) is 12.5 Å². The van der Waals surface area contributed by atoms with Gasteiger partial charge in [-0.3, -0.25) is 9.79 Å². The van der Waals surface area contributed by atoms with Gasteiger partial charge in [0.15, 0.2) is 5.96 Å². The number of hydrogen-bond donors (Lipinski definition) is 2. The van der Waals surface area contributed by atoms with Crippen molar-refractivity contribution in [2.45, 2.75) is 44.4 Å². The first-order chi connectivity index (χ1) is 12.8. The Labute approximate surface area is 157 Å². The van der Waals surface area contributed by atoms with E-state index in [1.54, 1.807) is 0 Å². The molecule has 1 saturated heterocycles. The molecular formula is C21H32N4O. The van der Waals surface area contributed by atoms with Gasteiger partial charge < -0.3 is 15.5 Å². The van der Waals surface area contributed by atoms with Crippen molar-refractivity contribution in [2.75, 3.05) is 33.2 Å². The molecule has 142 valence electrons. The highest BCUT2D eigenvalue weighted by molar-refractivity contribution is 5.81. The molecule has 0 bridgehead atoms. The Morgan fingerprint density at radius 2 is 1.81 bits per heavy atom. The zero-order valence-corrected chi connectivity index (χ0v) is 15.9. The van der Waals surface area contributed by atoms with Gasteiger partial charge >= 0.3 is 0 Å². The highest BCUT2D eigenvalue weighted by Gasteiger charge is 2.26. The molecule has 0 aromatic heterocycles. The van der Waals surface area contributed by atoms with Gasteiger partial charge in [-0.1, -0.05) is 49.6 Å². The molecule has 2 aliphatic rings. The Hall–Kier alpha value is -2.04. The lowest BCUT2D eigenvalue weighted by atomic mass is 9.89. The largest absolute Gasteiger partial charge is 0.354 e. The van der Waals surface area contributed by atoms with E-state index < -0.39 is 0 Å². The molecule has 5 heteroatoms. The maximum absolute atomic E-state index is 12.2. The molecule has 1 aliphatic heterocycles. The van der Waals surface area contributed by atoms with Gasteiger partial charge in [-0.15, -0.1) is 0 Å². The van der Waals surface area contributed by atoms with Gasteiger partial charge in [-0.25, -0.2) is 0 Å². The molecule has 5 nitrogen and oxygen atoms in total. The molecular weight excluding hydrogens is 324 g/mol. The molecule has 26 heavy (non-hydrogen) atoms. The summed E-state index contributed by atoms with van der Waals surface area (Å²) in [7, 11) is 1.83. The topological polar surface area (TPSA) is 56.7 Å². The summed E-state index contributed by atoms with van der Waals surface area (Å²) in [6, 6.07) is 10.7. The van der Waals surface area contributed by atoms with Gasteiger partial charge in [0.2, 0.25) is 5.91 Å². The van der Waals surface area contributed by atoms with Crippen molar-refractivity contribution in [3.8, 4) is 0 Å². The van der Waals surface area contributed by atoms with Crippen molar-refractivity contribution in [2.24, 2.45) is 10.9 Å². The minimum Gasteiger partial charge on any atom is -0.354 e. The number of likely N-dealkylation sites (tertiary alicyclic amines) is 1. The number of aliphatic imine (C=N–C) groups is 1. The third-order valence-electron chi connectivity index (χ3n) is 5.65. The number of hydrogen-bond acceptors (Lipinski definition) is 2. The number of carbonyl (C=O) groups excluding carboxylic acids is 1. The van der Waals surface area contributed by atoms with E-state index in [-0.39, 0.29) is 11.8 Å². The SMILES string of the molecule is CN=C(NCCNC(=O)C1CCCCC1)N1CCC(c2ccccc2)C1. The molecule has 2 N–H and O–H groups in total.